The summed E-state index contributed by atoms with van der Waals surface area (Å²) < 4.78 is 23.6. The fraction of sp³-hybridized carbons (Fsp3) is 0.105. The number of carbonyl (C=O) groups is 1. The molecule has 1 aromatic heterocycles. The molecule has 0 aliphatic carbocycles. The Hall–Kier alpha value is -3.68. The number of hydrogen-bond donors (Lipinski definition) is 2. The van der Waals surface area contributed by atoms with Gasteiger partial charge in [0.15, 0.2) is 23.1 Å². The zero-order chi connectivity index (χ0) is 19.2. The van der Waals surface area contributed by atoms with E-state index in [0.29, 0.717) is 17.3 Å². The summed E-state index contributed by atoms with van der Waals surface area (Å²) >= 11 is 0. The third-order valence-corrected chi connectivity index (χ3v) is 3.65. The number of benzene rings is 2. The second-order valence-electron chi connectivity index (χ2n) is 5.46. The van der Waals surface area contributed by atoms with Crippen molar-refractivity contribution in [3.8, 4) is 11.5 Å². The fourth-order valence-corrected chi connectivity index (χ4v) is 2.35. The topological polar surface area (TPSA) is 85.4 Å². The largest absolute Gasteiger partial charge is 0.493 e. The molecule has 0 aliphatic rings. The van der Waals surface area contributed by atoms with E-state index in [1.165, 1.54) is 18.2 Å². The van der Waals surface area contributed by atoms with Gasteiger partial charge < -0.3 is 20.1 Å². The molecule has 3 aromatic rings. The van der Waals surface area contributed by atoms with Crippen molar-refractivity contribution < 1.29 is 18.7 Å². The molecule has 2 aromatic carbocycles. The molecule has 3 rings (SSSR count). The Balaban J connectivity index is 1.67. The van der Waals surface area contributed by atoms with E-state index in [1.54, 1.807) is 38.5 Å². The van der Waals surface area contributed by atoms with Gasteiger partial charge in [-0.3, -0.25) is 4.79 Å². The average Bonchev–Trinajstić information content (AvgIpc) is 2.69. The number of aromatic nitrogens is 2. The minimum absolute atomic E-state index is 0.198. The maximum absolute atomic E-state index is 13.2. The van der Waals surface area contributed by atoms with Gasteiger partial charge in [-0.2, -0.15) is 0 Å². The van der Waals surface area contributed by atoms with Gasteiger partial charge in [-0.25, -0.2) is 4.39 Å². The Bertz CT molecular complexity index is 948. The quantitative estimate of drug-likeness (QED) is 0.691. The van der Waals surface area contributed by atoms with Gasteiger partial charge in [-0.1, -0.05) is 6.07 Å². The minimum Gasteiger partial charge on any atom is -0.493 e. The zero-order valence-electron chi connectivity index (χ0n) is 14.7. The summed E-state index contributed by atoms with van der Waals surface area (Å²) in [7, 11) is 3.12. The Morgan fingerprint density at radius 2 is 1.67 bits per heavy atom. The number of rotatable bonds is 6. The number of halogens is 1. The van der Waals surface area contributed by atoms with E-state index in [4.69, 9.17) is 9.47 Å². The second-order valence-corrected chi connectivity index (χ2v) is 5.46. The molecule has 0 saturated heterocycles. The summed E-state index contributed by atoms with van der Waals surface area (Å²) in [5.74, 6) is 0.972. The van der Waals surface area contributed by atoms with E-state index in [-0.39, 0.29) is 11.4 Å². The Labute approximate surface area is 155 Å². The van der Waals surface area contributed by atoms with Gasteiger partial charge in [0, 0.05) is 17.3 Å². The van der Waals surface area contributed by atoms with Crippen molar-refractivity contribution in [2.75, 3.05) is 24.9 Å². The van der Waals surface area contributed by atoms with E-state index in [9.17, 15) is 9.18 Å². The lowest BCUT2D eigenvalue weighted by molar-refractivity contribution is 0.102. The monoisotopic (exact) mass is 368 g/mol. The lowest BCUT2D eigenvalue weighted by atomic mass is 10.2. The van der Waals surface area contributed by atoms with E-state index in [1.807, 2.05) is 6.07 Å². The van der Waals surface area contributed by atoms with Crippen molar-refractivity contribution >= 4 is 23.2 Å². The molecule has 0 fully saturated rings. The molecular weight excluding hydrogens is 351 g/mol. The smallest absolute Gasteiger partial charge is 0.256 e. The van der Waals surface area contributed by atoms with Crippen LogP contribution in [0.25, 0.3) is 0 Å². The molecule has 1 heterocycles. The Morgan fingerprint density at radius 3 is 2.33 bits per heavy atom. The number of nitrogens with one attached hydrogen (secondary N) is 2. The molecule has 0 atom stereocenters. The van der Waals surface area contributed by atoms with E-state index >= 15 is 0 Å². The average molecular weight is 368 g/mol. The molecule has 0 radical (unpaired) electrons. The Kier molecular flexibility index (Phi) is 5.46. The molecule has 0 saturated carbocycles. The SMILES string of the molecule is COc1ccc(Nc2ccc(NC(=O)c3cccc(F)c3)nn2)cc1OC. The normalized spacial score (nSPS) is 10.2. The molecule has 0 spiro atoms. The van der Waals surface area contributed by atoms with Gasteiger partial charge in [0.25, 0.3) is 5.91 Å². The number of hydrogen-bond acceptors (Lipinski definition) is 6. The van der Waals surface area contributed by atoms with Crippen LogP contribution in [0.4, 0.5) is 21.7 Å². The molecule has 27 heavy (non-hydrogen) atoms. The van der Waals surface area contributed by atoms with Gasteiger partial charge in [-0.15, -0.1) is 10.2 Å². The maximum Gasteiger partial charge on any atom is 0.256 e. The van der Waals surface area contributed by atoms with Crippen LogP contribution in [0.2, 0.25) is 0 Å². The van der Waals surface area contributed by atoms with Crippen LogP contribution in [0.5, 0.6) is 11.5 Å². The highest BCUT2D eigenvalue weighted by Crippen LogP contribution is 2.30. The van der Waals surface area contributed by atoms with Crippen LogP contribution in [-0.4, -0.2) is 30.3 Å². The molecule has 8 heteroatoms. The first-order chi connectivity index (χ1) is 13.1. The highest BCUT2D eigenvalue weighted by molar-refractivity contribution is 6.03. The lowest BCUT2D eigenvalue weighted by Gasteiger charge is -2.11. The minimum atomic E-state index is -0.483. The number of anilines is 3. The van der Waals surface area contributed by atoms with Crippen LogP contribution in [0.3, 0.4) is 0 Å². The van der Waals surface area contributed by atoms with E-state index in [0.717, 1.165) is 11.8 Å². The van der Waals surface area contributed by atoms with Gasteiger partial charge in [0.05, 0.1) is 14.2 Å². The number of methoxy groups -OCH3 is 2. The molecule has 2 N–H and O–H groups in total. The van der Waals surface area contributed by atoms with Crippen molar-refractivity contribution in [1.82, 2.24) is 10.2 Å². The molecular formula is C19H17FN4O3. The maximum atomic E-state index is 13.2. The third-order valence-electron chi connectivity index (χ3n) is 3.65. The van der Waals surface area contributed by atoms with Crippen molar-refractivity contribution in [2.45, 2.75) is 0 Å². The molecule has 7 nitrogen and oxygen atoms in total. The summed E-state index contributed by atoms with van der Waals surface area (Å²) in [6.07, 6.45) is 0. The first-order valence-corrected chi connectivity index (χ1v) is 7.99. The first-order valence-electron chi connectivity index (χ1n) is 7.99. The Morgan fingerprint density at radius 1 is 0.926 bits per heavy atom. The number of nitrogens with zero attached hydrogens (tertiary/aromatic N) is 2. The highest BCUT2D eigenvalue weighted by Gasteiger charge is 2.09. The van der Waals surface area contributed by atoms with Crippen LogP contribution in [-0.2, 0) is 0 Å². The third kappa shape index (κ3) is 4.49. The highest BCUT2D eigenvalue weighted by atomic mass is 19.1. The second kappa shape index (κ2) is 8.13. The number of carbonyl (C=O) groups excluding carboxylic acids is 1. The molecule has 1 amide bonds. The van der Waals surface area contributed by atoms with E-state index < -0.39 is 11.7 Å². The zero-order valence-corrected chi connectivity index (χ0v) is 14.7. The molecule has 0 bridgehead atoms. The molecule has 138 valence electrons. The van der Waals surface area contributed by atoms with Crippen LogP contribution in [0, 0.1) is 5.82 Å². The van der Waals surface area contributed by atoms with Crippen molar-refractivity contribution in [3.63, 3.8) is 0 Å². The fourth-order valence-electron chi connectivity index (χ4n) is 2.35. The molecule has 0 aliphatic heterocycles. The summed E-state index contributed by atoms with van der Waals surface area (Å²) in [5, 5.41) is 13.6. The number of amides is 1. The number of ether oxygens (including phenoxy) is 2. The predicted molar refractivity (Wildman–Crippen MR) is 99.2 cm³/mol. The standard InChI is InChI=1S/C19H17FN4O3/c1-26-15-7-6-14(11-16(15)27-2)21-17-8-9-18(24-23-17)22-19(25)12-4-3-5-13(20)10-12/h3-11H,1-2H3,(H,21,23)(H,22,24,25). The van der Waals surface area contributed by atoms with Gasteiger partial charge in [-0.05, 0) is 42.5 Å². The van der Waals surface area contributed by atoms with Gasteiger partial charge in [0.2, 0.25) is 0 Å². The van der Waals surface area contributed by atoms with Crippen molar-refractivity contribution in [2.24, 2.45) is 0 Å². The van der Waals surface area contributed by atoms with Crippen LogP contribution < -0.4 is 20.1 Å². The van der Waals surface area contributed by atoms with Crippen molar-refractivity contribution in [1.29, 1.82) is 0 Å². The summed E-state index contributed by atoms with van der Waals surface area (Å²) in [5.41, 5.74) is 0.933. The van der Waals surface area contributed by atoms with Gasteiger partial charge >= 0.3 is 0 Å². The van der Waals surface area contributed by atoms with Gasteiger partial charge in [0.1, 0.15) is 5.82 Å². The van der Waals surface area contributed by atoms with Crippen LogP contribution in [0.1, 0.15) is 10.4 Å². The predicted octanol–water partition coefficient (Wildman–Crippen LogP) is 3.63. The van der Waals surface area contributed by atoms with Crippen molar-refractivity contribution in [3.05, 3.63) is 66.0 Å². The van der Waals surface area contributed by atoms with Crippen LogP contribution in [0.15, 0.2) is 54.6 Å². The summed E-state index contributed by atoms with van der Waals surface area (Å²) in [6, 6.07) is 14.0. The van der Waals surface area contributed by atoms with E-state index in [2.05, 4.69) is 20.8 Å². The van der Waals surface area contributed by atoms with Crippen LogP contribution >= 0.6 is 0 Å². The summed E-state index contributed by atoms with van der Waals surface area (Å²) in [6.45, 7) is 0. The summed E-state index contributed by atoms with van der Waals surface area (Å²) in [4.78, 5) is 12.1. The first kappa shape index (κ1) is 18.1. The lowest BCUT2D eigenvalue weighted by Crippen LogP contribution is -2.13. The molecule has 0 unspecified atom stereocenters.